The summed E-state index contributed by atoms with van der Waals surface area (Å²) in [5.41, 5.74) is 0.902. The maximum atomic E-state index is 5.97. The lowest BCUT2D eigenvalue weighted by Crippen LogP contribution is -2.30. The molecule has 1 aromatic rings. The highest BCUT2D eigenvalue weighted by atomic mass is 16.7. The fourth-order valence-corrected chi connectivity index (χ4v) is 2.48. The van der Waals surface area contributed by atoms with Crippen LogP contribution in [0.4, 0.5) is 0 Å². The lowest BCUT2D eigenvalue weighted by molar-refractivity contribution is -0.226. The molecule has 1 fully saturated rings. The zero-order valence-corrected chi connectivity index (χ0v) is 14.7. The molecule has 0 N–H and O–H groups in total. The van der Waals surface area contributed by atoms with Crippen LogP contribution < -0.4 is 9.47 Å². The number of hydrogen-bond acceptors (Lipinski definition) is 5. The average molecular weight is 324 g/mol. The number of rotatable bonds is 7. The fraction of sp³-hybridized carbons (Fsp3) is 0.667. The van der Waals surface area contributed by atoms with Crippen LogP contribution in [0.15, 0.2) is 18.2 Å². The van der Waals surface area contributed by atoms with Crippen LogP contribution in [-0.4, -0.2) is 38.6 Å². The molecule has 2 atom stereocenters. The summed E-state index contributed by atoms with van der Waals surface area (Å²) in [7, 11) is 1.68. The van der Waals surface area contributed by atoms with E-state index >= 15 is 0 Å². The van der Waals surface area contributed by atoms with Gasteiger partial charge >= 0.3 is 0 Å². The third kappa shape index (κ3) is 5.68. The molecule has 0 amide bonds. The van der Waals surface area contributed by atoms with E-state index in [9.17, 15) is 0 Å². The zero-order chi connectivity index (χ0) is 16.8. The Morgan fingerprint density at radius 3 is 2.17 bits per heavy atom. The first-order valence-electron chi connectivity index (χ1n) is 8.22. The highest BCUT2D eigenvalue weighted by Gasteiger charge is 2.25. The molecule has 1 aromatic carbocycles. The molecule has 1 aliphatic heterocycles. The van der Waals surface area contributed by atoms with Crippen molar-refractivity contribution in [2.45, 2.75) is 58.7 Å². The van der Waals surface area contributed by atoms with Gasteiger partial charge in [0.25, 0.3) is 0 Å². The molecular formula is C18H28O5. The minimum absolute atomic E-state index is 0.0443. The second kappa shape index (κ2) is 8.52. The van der Waals surface area contributed by atoms with Crippen molar-refractivity contribution >= 4 is 0 Å². The molecule has 1 aliphatic rings. The van der Waals surface area contributed by atoms with Gasteiger partial charge in [-0.1, -0.05) is 0 Å². The van der Waals surface area contributed by atoms with E-state index in [0.717, 1.165) is 23.5 Å². The van der Waals surface area contributed by atoms with Gasteiger partial charge in [-0.2, -0.15) is 0 Å². The largest absolute Gasteiger partial charge is 0.491 e. The van der Waals surface area contributed by atoms with E-state index in [0.29, 0.717) is 13.2 Å². The summed E-state index contributed by atoms with van der Waals surface area (Å²) in [6.45, 7) is 9.21. The zero-order valence-electron chi connectivity index (χ0n) is 14.7. The standard InChI is InChI=1S/C18H28O5/c1-12(2)21-16-8-14(9-17(10-16)22-13(3)4)18-20-7-6-15(23-18)11-19-5/h8-10,12-13,15,18H,6-7,11H2,1-5H3/t15-,18-/m0/s1. The molecule has 0 bridgehead atoms. The molecule has 0 aromatic heterocycles. The van der Waals surface area contributed by atoms with E-state index in [2.05, 4.69) is 0 Å². The van der Waals surface area contributed by atoms with Crippen molar-refractivity contribution in [2.75, 3.05) is 20.3 Å². The van der Waals surface area contributed by atoms with Crippen LogP contribution in [0.1, 0.15) is 46.0 Å². The smallest absolute Gasteiger partial charge is 0.184 e. The van der Waals surface area contributed by atoms with Crippen LogP contribution in [0.25, 0.3) is 0 Å². The average Bonchev–Trinajstić information content (AvgIpc) is 2.46. The summed E-state index contributed by atoms with van der Waals surface area (Å²) in [6.07, 6.45) is 0.636. The van der Waals surface area contributed by atoms with Gasteiger partial charge in [-0.25, -0.2) is 0 Å². The van der Waals surface area contributed by atoms with Gasteiger partial charge in [0.15, 0.2) is 6.29 Å². The first kappa shape index (κ1) is 18.0. The summed E-state index contributed by atoms with van der Waals surface area (Å²) in [6, 6.07) is 5.80. The molecule has 5 nitrogen and oxygen atoms in total. The van der Waals surface area contributed by atoms with E-state index in [-0.39, 0.29) is 18.3 Å². The Bertz CT molecular complexity index is 456. The lowest BCUT2D eigenvalue weighted by atomic mass is 10.1. The molecular weight excluding hydrogens is 296 g/mol. The number of hydrogen-bond donors (Lipinski definition) is 0. The first-order valence-corrected chi connectivity index (χ1v) is 8.22. The second-order valence-electron chi connectivity index (χ2n) is 6.28. The summed E-state index contributed by atoms with van der Waals surface area (Å²) in [4.78, 5) is 0. The van der Waals surface area contributed by atoms with Gasteiger partial charge in [0.1, 0.15) is 11.5 Å². The van der Waals surface area contributed by atoms with Crippen LogP contribution in [0.5, 0.6) is 11.5 Å². The predicted octanol–water partition coefficient (Wildman–Crippen LogP) is 3.71. The van der Waals surface area contributed by atoms with Crippen LogP contribution in [0.2, 0.25) is 0 Å². The highest BCUT2D eigenvalue weighted by molar-refractivity contribution is 5.39. The number of methoxy groups -OCH3 is 1. The topological polar surface area (TPSA) is 46.2 Å². The van der Waals surface area contributed by atoms with Crippen molar-refractivity contribution in [3.05, 3.63) is 23.8 Å². The normalized spacial score (nSPS) is 21.7. The maximum absolute atomic E-state index is 5.97. The van der Waals surface area contributed by atoms with Crippen molar-refractivity contribution < 1.29 is 23.7 Å². The molecule has 5 heteroatoms. The van der Waals surface area contributed by atoms with E-state index in [1.165, 1.54) is 0 Å². The Morgan fingerprint density at radius 2 is 1.65 bits per heavy atom. The highest BCUT2D eigenvalue weighted by Crippen LogP contribution is 2.33. The monoisotopic (exact) mass is 324 g/mol. The molecule has 0 radical (unpaired) electrons. The van der Waals surface area contributed by atoms with Crippen molar-refractivity contribution in [2.24, 2.45) is 0 Å². The van der Waals surface area contributed by atoms with E-state index in [4.69, 9.17) is 23.7 Å². The summed E-state index contributed by atoms with van der Waals surface area (Å²) in [5, 5.41) is 0. The number of benzene rings is 1. The molecule has 0 aliphatic carbocycles. The van der Waals surface area contributed by atoms with Crippen LogP contribution in [0, 0.1) is 0 Å². The van der Waals surface area contributed by atoms with Gasteiger partial charge in [0.05, 0.1) is 31.5 Å². The second-order valence-corrected chi connectivity index (χ2v) is 6.28. The molecule has 0 spiro atoms. The Balaban J connectivity index is 2.21. The van der Waals surface area contributed by atoms with Crippen molar-refractivity contribution in [3.8, 4) is 11.5 Å². The summed E-state index contributed by atoms with van der Waals surface area (Å²) < 4.78 is 28.6. The Labute approximate surface area is 138 Å². The van der Waals surface area contributed by atoms with Gasteiger partial charge in [0.2, 0.25) is 0 Å². The molecule has 130 valence electrons. The molecule has 23 heavy (non-hydrogen) atoms. The van der Waals surface area contributed by atoms with Crippen molar-refractivity contribution in [3.63, 3.8) is 0 Å². The molecule has 1 heterocycles. The Hall–Kier alpha value is -1.30. The SMILES string of the molecule is COC[C@@H]1CCO[C@H](c2cc(OC(C)C)cc(OC(C)C)c2)O1. The van der Waals surface area contributed by atoms with E-state index in [1.54, 1.807) is 7.11 Å². The quantitative estimate of drug-likeness (QED) is 0.765. The summed E-state index contributed by atoms with van der Waals surface area (Å²) in [5.74, 6) is 1.52. The molecule has 0 saturated carbocycles. The van der Waals surface area contributed by atoms with Gasteiger partial charge in [0, 0.05) is 18.7 Å². The maximum Gasteiger partial charge on any atom is 0.184 e. The van der Waals surface area contributed by atoms with Crippen LogP contribution >= 0.6 is 0 Å². The minimum Gasteiger partial charge on any atom is -0.491 e. The van der Waals surface area contributed by atoms with Gasteiger partial charge < -0.3 is 23.7 Å². The lowest BCUT2D eigenvalue weighted by Gasteiger charge is -2.30. The first-order chi connectivity index (χ1) is 11.0. The fourth-order valence-electron chi connectivity index (χ4n) is 2.48. The van der Waals surface area contributed by atoms with E-state index < -0.39 is 6.29 Å². The Kier molecular flexibility index (Phi) is 6.69. The predicted molar refractivity (Wildman–Crippen MR) is 88.0 cm³/mol. The van der Waals surface area contributed by atoms with Crippen molar-refractivity contribution in [1.82, 2.24) is 0 Å². The van der Waals surface area contributed by atoms with Gasteiger partial charge in [-0.05, 0) is 46.2 Å². The van der Waals surface area contributed by atoms with Crippen LogP contribution in [0.3, 0.4) is 0 Å². The number of ether oxygens (including phenoxy) is 5. The Morgan fingerprint density at radius 1 is 1.04 bits per heavy atom. The third-order valence-corrected chi connectivity index (χ3v) is 3.30. The molecule has 1 saturated heterocycles. The summed E-state index contributed by atoms with van der Waals surface area (Å²) >= 11 is 0. The van der Waals surface area contributed by atoms with Gasteiger partial charge in [-0.3, -0.25) is 0 Å². The molecule has 0 unspecified atom stereocenters. The van der Waals surface area contributed by atoms with Gasteiger partial charge in [-0.15, -0.1) is 0 Å². The minimum atomic E-state index is -0.422. The van der Waals surface area contributed by atoms with Crippen LogP contribution in [-0.2, 0) is 14.2 Å². The molecule has 2 rings (SSSR count). The third-order valence-electron chi connectivity index (χ3n) is 3.30. The van der Waals surface area contributed by atoms with E-state index in [1.807, 2.05) is 45.9 Å². The van der Waals surface area contributed by atoms with Crippen molar-refractivity contribution in [1.29, 1.82) is 0 Å².